The lowest BCUT2D eigenvalue weighted by atomic mass is 10.3. The molecule has 0 fully saturated rings. The van der Waals surface area contributed by atoms with Crippen molar-refractivity contribution in [2.24, 2.45) is 0 Å². The van der Waals surface area contributed by atoms with Crippen LogP contribution in [-0.2, 0) is 6.54 Å². The summed E-state index contributed by atoms with van der Waals surface area (Å²) in [5.41, 5.74) is 1.15. The largest absolute Gasteiger partial charge is 0.313 e. The van der Waals surface area contributed by atoms with E-state index in [4.69, 9.17) is 0 Å². The Bertz CT molecular complexity index is 272. The molecular weight excluding hydrogens is 206 g/mol. The molecule has 1 heterocycles. The molecule has 0 bridgehead atoms. The predicted octanol–water partition coefficient (Wildman–Crippen LogP) is 2.48. The smallest absolute Gasteiger partial charge is 0.187 e. The third-order valence-corrected chi connectivity index (χ3v) is 2.67. The van der Waals surface area contributed by atoms with Crippen molar-refractivity contribution in [2.75, 3.05) is 6.54 Å². The van der Waals surface area contributed by atoms with Crippen LogP contribution >= 0.6 is 11.8 Å². The highest BCUT2D eigenvalue weighted by atomic mass is 32.2. The van der Waals surface area contributed by atoms with E-state index in [0.29, 0.717) is 5.25 Å². The fourth-order valence-electron chi connectivity index (χ4n) is 1.12. The van der Waals surface area contributed by atoms with Gasteiger partial charge in [-0.15, -0.1) is 0 Å². The number of nitrogens with zero attached hydrogens (tertiary/aromatic N) is 2. The third-order valence-electron chi connectivity index (χ3n) is 1.78. The van der Waals surface area contributed by atoms with E-state index in [2.05, 4.69) is 36.1 Å². The first kappa shape index (κ1) is 12.5. The van der Waals surface area contributed by atoms with Crippen molar-refractivity contribution in [3.8, 4) is 0 Å². The van der Waals surface area contributed by atoms with Gasteiger partial charge in [-0.1, -0.05) is 32.5 Å². The molecule has 0 aromatic carbocycles. The molecule has 0 saturated carbocycles. The molecule has 0 aliphatic rings. The van der Waals surface area contributed by atoms with Crippen LogP contribution in [0.5, 0.6) is 0 Å². The van der Waals surface area contributed by atoms with Crippen LogP contribution in [0.3, 0.4) is 0 Å². The number of rotatable bonds is 6. The van der Waals surface area contributed by atoms with Gasteiger partial charge in [-0.05, 0) is 13.0 Å². The van der Waals surface area contributed by atoms with Crippen molar-refractivity contribution in [2.45, 2.75) is 44.1 Å². The van der Waals surface area contributed by atoms with Crippen LogP contribution in [0, 0.1) is 0 Å². The van der Waals surface area contributed by atoms with Gasteiger partial charge in [0.1, 0.15) is 0 Å². The maximum atomic E-state index is 4.31. The van der Waals surface area contributed by atoms with E-state index in [1.807, 2.05) is 12.4 Å². The van der Waals surface area contributed by atoms with Crippen LogP contribution in [-0.4, -0.2) is 21.8 Å². The predicted molar refractivity (Wildman–Crippen MR) is 65.0 cm³/mol. The molecule has 0 spiro atoms. The molecule has 0 amide bonds. The highest BCUT2D eigenvalue weighted by Crippen LogP contribution is 2.17. The lowest BCUT2D eigenvalue weighted by Crippen LogP contribution is -2.14. The van der Waals surface area contributed by atoms with Crippen LogP contribution in [0.2, 0.25) is 0 Å². The van der Waals surface area contributed by atoms with Gasteiger partial charge in [0.15, 0.2) is 5.16 Å². The lowest BCUT2D eigenvalue weighted by molar-refractivity contribution is 0.669. The Kier molecular flexibility index (Phi) is 5.65. The average Bonchev–Trinajstić information content (AvgIpc) is 2.20. The van der Waals surface area contributed by atoms with Crippen molar-refractivity contribution in [3.05, 3.63) is 18.0 Å². The molecule has 0 aliphatic heterocycles. The van der Waals surface area contributed by atoms with E-state index in [0.717, 1.165) is 30.2 Å². The minimum absolute atomic E-state index is 0.536. The van der Waals surface area contributed by atoms with Crippen molar-refractivity contribution in [1.29, 1.82) is 0 Å². The van der Waals surface area contributed by atoms with E-state index in [1.54, 1.807) is 11.8 Å². The summed E-state index contributed by atoms with van der Waals surface area (Å²) < 4.78 is 0. The fourth-order valence-corrected chi connectivity index (χ4v) is 1.76. The van der Waals surface area contributed by atoms with Gasteiger partial charge in [-0.25, -0.2) is 9.97 Å². The molecule has 0 aliphatic carbocycles. The van der Waals surface area contributed by atoms with Gasteiger partial charge in [0, 0.05) is 29.8 Å². The van der Waals surface area contributed by atoms with Crippen LogP contribution < -0.4 is 5.32 Å². The Hall–Kier alpha value is -0.610. The van der Waals surface area contributed by atoms with Crippen molar-refractivity contribution < 1.29 is 0 Å². The van der Waals surface area contributed by atoms with E-state index in [1.165, 1.54) is 0 Å². The number of nitrogens with one attached hydrogen (secondary N) is 1. The molecular formula is C11H19N3S. The second-order valence-electron chi connectivity index (χ2n) is 3.72. The van der Waals surface area contributed by atoms with Crippen LogP contribution in [0.15, 0.2) is 17.6 Å². The number of hydrogen-bond acceptors (Lipinski definition) is 4. The summed E-state index contributed by atoms with van der Waals surface area (Å²) >= 11 is 1.69. The van der Waals surface area contributed by atoms with Crippen molar-refractivity contribution >= 4 is 11.8 Å². The summed E-state index contributed by atoms with van der Waals surface area (Å²) in [7, 11) is 0. The summed E-state index contributed by atoms with van der Waals surface area (Å²) in [4.78, 5) is 8.62. The van der Waals surface area contributed by atoms with Gasteiger partial charge in [0.05, 0.1) is 0 Å². The lowest BCUT2D eigenvalue weighted by Gasteiger charge is -2.05. The summed E-state index contributed by atoms with van der Waals surface area (Å²) in [6.45, 7) is 8.35. The Morgan fingerprint density at radius 1 is 1.33 bits per heavy atom. The fraction of sp³-hybridized carbons (Fsp3) is 0.636. The first-order valence-corrected chi connectivity index (χ1v) is 6.28. The summed E-state index contributed by atoms with van der Waals surface area (Å²) in [5, 5.41) is 4.73. The Morgan fingerprint density at radius 2 is 2.00 bits per heavy atom. The molecule has 0 atom stereocenters. The summed E-state index contributed by atoms with van der Waals surface area (Å²) in [6, 6.07) is 0. The second kappa shape index (κ2) is 6.80. The van der Waals surface area contributed by atoms with Crippen molar-refractivity contribution in [1.82, 2.24) is 15.3 Å². The molecule has 1 aromatic rings. The van der Waals surface area contributed by atoms with Crippen molar-refractivity contribution in [3.63, 3.8) is 0 Å². The van der Waals surface area contributed by atoms with Gasteiger partial charge >= 0.3 is 0 Å². The Balaban J connectivity index is 2.42. The Labute approximate surface area is 96.1 Å². The monoisotopic (exact) mass is 225 g/mol. The average molecular weight is 225 g/mol. The molecule has 84 valence electrons. The van der Waals surface area contributed by atoms with E-state index in [9.17, 15) is 0 Å². The van der Waals surface area contributed by atoms with E-state index < -0.39 is 0 Å². The van der Waals surface area contributed by atoms with Gasteiger partial charge in [0.25, 0.3) is 0 Å². The first-order valence-electron chi connectivity index (χ1n) is 5.40. The molecule has 4 heteroatoms. The van der Waals surface area contributed by atoms with Crippen LogP contribution in [0.25, 0.3) is 0 Å². The third kappa shape index (κ3) is 5.14. The van der Waals surface area contributed by atoms with Crippen LogP contribution in [0.1, 0.15) is 32.8 Å². The topological polar surface area (TPSA) is 37.8 Å². The molecule has 0 radical (unpaired) electrons. The standard InChI is InChI=1S/C11H19N3S/c1-4-5-12-6-10-7-13-11(14-8-10)15-9(2)3/h7-9,12H,4-6H2,1-3H3. The minimum atomic E-state index is 0.536. The normalized spacial score (nSPS) is 10.9. The molecule has 0 unspecified atom stereocenters. The Morgan fingerprint density at radius 3 is 2.53 bits per heavy atom. The molecule has 1 rings (SSSR count). The molecule has 15 heavy (non-hydrogen) atoms. The van der Waals surface area contributed by atoms with E-state index in [-0.39, 0.29) is 0 Å². The van der Waals surface area contributed by atoms with Crippen LogP contribution in [0.4, 0.5) is 0 Å². The van der Waals surface area contributed by atoms with Gasteiger partial charge in [-0.2, -0.15) is 0 Å². The first-order chi connectivity index (χ1) is 7.22. The zero-order chi connectivity index (χ0) is 11.1. The van der Waals surface area contributed by atoms with E-state index >= 15 is 0 Å². The summed E-state index contributed by atoms with van der Waals surface area (Å²) in [6.07, 6.45) is 4.96. The number of thioether (sulfide) groups is 1. The highest BCUT2D eigenvalue weighted by Gasteiger charge is 2.01. The minimum Gasteiger partial charge on any atom is -0.313 e. The highest BCUT2D eigenvalue weighted by molar-refractivity contribution is 7.99. The SMILES string of the molecule is CCCNCc1cnc(SC(C)C)nc1. The zero-order valence-electron chi connectivity index (χ0n) is 9.66. The zero-order valence-corrected chi connectivity index (χ0v) is 10.5. The molecule has 0 saturated heterocycles. The second-order valence-corrected chi connectivity index (χ2v) is 5.26. The molecule has 3 nitrogen and oxygen atoms in total. The maximum absolute atomic E-state index is 4.31. The number of hydrogen-bond donors (Lipinski definition) is 1. The van der Waals surface area contributed by atoms with Gasteiger partial charge < -0.3 is 5.32 Å². The quantitative estimate of drug-likeness (QED) is 0.458. The maximum Gasteiger partial charge on any atom is 0.187 e. The number of aromatic nitrogens is 2. The van der Waals surface area contributed by atoms with Gasteiger partial charge in [0.2, 0.25) is 0 Å². The van der Waals surface area contributed by atoms with Gasteiger partial charge in [-0.3, -0.25) is 0 Å². The summed E-state index contributed by atoms with van der Waals surface area (Å²) in [5.74, 6) is 0. The molecule has 1 N–H and O–H groups in total. The molecule has 1 aromatic heterocycles.